The molecule has 41 heavy (non-hydrogen) atoms. The fraction of sp³-hybridized carbons (Fsp3) is 0.632. The van der Waals surface area contributed by atoms with E-state index in [2.05, 4.69) is 44.2 Å². The summed E-state index contributed by atoms with van der Waals surface area (Å²) in [5.41, 5.74) is 3.41. The zero-order valence-electron chi connectivity index (χ0n) is 26.2. The summed E-state index contributed by atoms with van der Waals surface area (Å²) in [6.45, 7) is 4.51. The standard InChI is InChI=1S/C38H55NO2/c1-3-5-7-9-11-12-14-16-20-32-22-25-35(26-23-32)38(28-18-15-19-29-38)37(40)41-36-27-24-33(30-34(36)31-39)21-17-13-10-8-6-4-2/h22-27,30H,3-21,28-29H2,1-2H3. The van der Waals surface area contributed by atoms with Gasteiger partial charge in [-0.25, -0.2) is 0 Å². The summed E-state index contributed by atoms with van der Waals surface area (Å²) in [7, 11) is 0. The Morgan fingerprint density at radius 2 is 1.22 bits per heavy atom. The van der Waals surface area contributed by atoms with E-state index < -0.39 is 5.41 Å². The summed E-state index contributed by atoms with van der Waals surface area (Å²) in [5.74, 6) is 0.202. The lowest BCUT2D eigenvalue weighted by Gasteiger charge is -2.35. The van der Waals surface area contributed by atoms with Crippen LogP contribution < -0.4 is 4.74 Å². The molecule has 0 radical (unpaired) electrons. The number of carbonyl (C=O) groups is 1. The van der Waals surface area contributed by atoms with Crippen molar-refractivity contribution in [1.29, 1.82) is 5.26 Å². The first-order valence-electron chi connectivity index (χ1n) is 17.0. The highest BCUT2D eigenvalue weighted by molar-refractivity contribution is 5.85. The van der Waals surface area contributed by atoms with Crippen molar-refractivity contribution in [1.82, 2.24) is 0 Å². The van der Waals surface area contributed by atoms with E-state index in [0.717, 1.165) is 62.5 Å². The summed E-state index contributed by atoms with van der Waals surface area (Å²) in [6.07, 6.45) is 25.0. The summed E-state index contributed by atoms with van der Waals surface area (Å²) in [4.78, 5) is 13.8. The number of ether oxygens (including phenoxy) is 1. The number of nitriles is 1. The van der Waals surface area contributed by atoms with Gasteiger partial charge in [0.25, 0.3) is 0 Å². The van der Waals surface area contributed by atoms with Crippen LogP contribution in [0.4, 0.5) is 0 Å². The van der Waals surface area contributed by atoms with Crippen molar-refractivity contribution in [2.75, 3.05) is 0 Å². The molecule has 1 saturated carbocycles. The van der Waals surface area contributed by atoms with Crippen molar-refractivity contribution >= 4 is 5.97 Å². The minimum absolute atomic E-state index is 0.201. The van der Waals surface area contributed by atoms with Gasteiger partial charge >= 0.3 is 5.97 Å². The average molecular weight is 558 g/mol. The molecule has 0 heterocycles. The zero-order valence-corrected chi connectivity index (χ0v) is 26.2. The molecule has 224 valence electrons. The third-order valence-electron chi connectivity index (χ3n) is 9.11. The van der Waals surface area contributed by atoms with Gasteiger partial charge in [-0.3, -0.25) is 4.79 Å². The summed E-state index contributed by atoms with van der Waals surface area (Å²) in [6, 6.07) is 16.9. The maximum Gasteiger partial charge on any atom is 0.321 e. The van der Waals surface area contributed by atoms with E-state index in [9.17, 15) is 10.1 Å². The fourth-order valence-corrected chi connectivity index (χ4v) is 6.44. The van der Waals surface area contributed by atoms with Crippen LogP contribution in [0.15, 0.2) is 42.5 Å². The third-order valence-corrected chi connectivity index (χ3v) is 9.11. The largest absolute Gasteiger partial charge is 0.424 e. The Morgan fingerprint density at radius 1 is 0.707 bits per heavy atom. The van der Waals surface area contributed by atoms with Crippen LogP contribution in [-0.2, 0) is 23.1 Å². The molecular weight excluding hydrogens is 502 g/mol. The van der Waals surface area contributed by atoms with Crippen LogP contribution in [0.3, 0.4) is 0 Å². The molecule has 0 spiro atoms. The Hall–Kier alpha value is -2.60. The molecule has 2 aromatic rings. The van der Waals surface area contributed by atoms with Gasteiger partial charge in [-0.1, -0.05) is 140 Å². The van der Waals surface area contributed by atoms with Gasteiger partial charge < -0.3 is 4.74 Å². The van der Waals surface area contributed by atoms with Gasteiger partial charge in [0.15, 0.2) is 0 Å². The molecule has 0 N–H and O–H groups in total. The van der Waals surface area contributed by atoms with Gasteiger partial charge in [-0.05, 0) is 67.3 Å². The van der Waals surface area contributed by atoms with E-state index in [1.807, 2.05) is 18.2 Å². The average Bonchev–Trinajstić information content (AvgIpc) is 3.01. The maximum absolute atomic E-state index is 13.8. The minimum Gasteiger partial charge on any atom is -0.424 e. The van der Waals surface area contributed by atoms with E-state index in [1.54, 1.807) is 0 Å². The normalized spacial score (nSPS) is 14.5. The van der Waals surface area contributed by atoms with E-state index >= 15 is 0 Å². The number of rotatable bonds is 19. The Bertz CT molecular complexity index is 1060. The van der Waals surface area contributed by atoms with Crippen molar-refractivity contribution in [3.8, 4) is 11.8 Å². The summed E-state index contributed by atoms with van der Waals surface area (Å²) in [5, 5.41) is 9.86. The van der Waals surface area contributed by atoms with Gasteiger partial charge in [-0.15, -0.1) is 0 Å². The van der Waals surface area contributed by atoms with E-state index in [1.165, 1.54) is 89.0 Å². The van der Waals surface area contributed by atoms with E-state index in [4.69, 9.17) is 4.74 Å². The van der Waals surface area contributed by atoms with Gasteiger partial charge in [-0.2, -0.15) is 5.26 Å². The van der Waals surface area contributed by atoms with Gasteiger partial charge in [0.05, 0.1) is 11.0 Å². The SMILES string of the molecule is CCCCCCCCCCc1ccc(C2(C(=O)Oc3ccc(CCCCCCCC)cc3C#N)CCCCC2)cc1. The van der Waals surface area contributed by atoms with Crippen molar-refractivity contribution in [3.05, 3.63) is 64.7 Å². The predicted molar refractivity (Wildman–Crippen MR) is 171 cm³/mol. The first-order valence-corrected chi connectivity index (χ1v) is 17.0. The smallest absolute Gasteiger partial charge is 0.321 e. The lowest BCUT2D eigenvalue weighted by molar-refractivity contribution is -0.142. The highest BCUT2D eigenvalue weighted by Gasteiger charge is 2.43. The zero-order chi connectivity index (χ0) is 29.2. The second-order valence-electron chi connectivity index (χ2n) is 12.4. The Balaban J connectivity index is 1.58. The lowest BCUT2D eigenvalue weighted by Crippen LogP contribution is -2.41. The molecule has 0 unspecified atom stereocenters. The number of carbonyl (C=O) groups excluding carboxylic acids is 1. The molecule has 1 fully saturated rings. The van der Waals surface area contributed by atoms with Crippen LogP contribution in [0.2, 0.25) is 0 Å². The van der Waals surface area contributed by atoms with Crippen LogP contribution in [0, 0.1) is 11.3 Å². The van der Waals surface area contributed by atoms with Crippen molar-refractivity contribution in [3.63, 3.8) is 0 Å². The Morgan fingerprint density at radius 3 is 1.78 bits per heavy atom. The molecule has 1 aliphatic carbocycles. The number of benzene rings is 2. The monoisotopic (exact) mass is 557 g/mol. The maximum atomic E-state index is 13.8. The summed E-state index contributed by atoms with van der Waals surface area (Å²) >= 11 is 0. The molecular formula is C38H55NO2. The molecule has 0 aromatic heterocycles. The fourth-order valence-electron chi connectivity index (χ4n) is 6.44. The molecule has 3 rings (SSSR count). The second kappa shape index (κ2) is 18.8. The predicted octanol–water partition coefficient (Wildman–Crippen LogP) is 11.0. The van der Waals surface area contributed by atoms with Crippen LogP contribution in [0.25, 0.3) is 0 Å². The van der Waals surface area contributed by atoms with Crippen LogP contribution in [-0.4, -0.2) is 5.97 Å². The number of unbranched alkanes of at least 4 members (excludes halogenated alkanes) is 12. The molecule has 0 aliphatic heterocycles. The molecule has 3 nitrogen and oxygen atoms in total. The quantitative estimate of drug-likeness (QED) is 0.0980. The number of aryl methyl sites for hydroxylation is 2. The molecule has 1 aliphatic rings. The molecule has 2 aromatic carbocycles. The van der Waals surface area contributed by atoms with E-state index in [-0.39, 0.29) is 5.97 Å². The summed E-state index contributed by atoms with van der Waals surface area (Å²) < 4.78 is 6.05. The van der Waals surface area contributed by atoms with Gasteiger partial charge in [0, 0.05) is 0 Å². The molecule has 0 bridgehead atoms. The van der Waals surface area contributed by atoms with Crippen molar-refractivity contribution in [2.45, 2.75) is 154 Å². The van der Waals surface area contributed by atoms with Gasteiger partial charge in [0.1, 0.15) is 11.8 Å². The highest BCUT2D eigenvalue weighted by atomic mass is 16.5. The van der Waals surface area contributed by atoms with Gasteiger partial charge in [0.2, 0.25) is 0 Å². The van der Waals surface area contributed by atoms with Crippen molar-refractivity contribution in [2.24, 2.45) is 0 Å². The second-order valence-corrected chi connectivity index (χ2v) is 12.4. The first-order chi connectivity index (χ1) is 20.1. The van der Waals surface area contributed by atoms with Crippen molar-refractivity contribution < 1.29 is 9.53 Å². The number of esters is 1. The first kappa shape index (κ1) is 32.9. The Kier molecular flexibility index (Phi) is 15.1. The minimum atomic E-state index is -0.626. The Labute approximate surface area is 251 Å². The highest BCUT2D eigenvalue weighted by Crippen LogP contribution is 2.41. The van der Waals surface area contributed by atoms with Crippen LogP contribution in [0.1, 0.15) is 158 Å². The number of hydrogen-bond donors (Lipinski definition) is 0. The molecule has 0 saturated heterocycles. The molecule has 0 atom stereocenters. The number of hydrogen-bond acceptors (Lipinski definition) is 3. The van der Waals surface area contributed by atoms with Crippen LogP contribution >= 0.6 is 0 Å². The molecule has 3 heteroatoms. The topological polar surface area (TPSA) is 50.1 Å². The third kappa shape index (κ3) is 10.6. The number of nitrogens with zero attached hydrogens (tertiary/aromatic N) is 1. The lowest BCUT2D eigenvalue weighted by atomic mass is 9.69. The molecule has 0 amide bonds. The van der Waals surface area contributed by atoms with Crippen LogP contribution in [0.5, 0.6) is 5.75 Å². The van der Waals surface area contributed by atoms with E-state index in [0.29, 0.717) is 11.3 Å².